The van der Waals surface area contributed by atoms with Crippen molar-refractivity contribution in [2.45, 2.75) is 76.4 Å². The van der Waals surface area contributed by atoms with Crippen molar-refractivity contribution in [2.75, 3.05) is 0 Å². The van der Waals surface area contributed by atoms with Crippen LogP contribution in [-0.4, -0.2) is 18.3 Å². The quantitative estimate of drug-likeness (QED) is 0.237. The Morgan fingerprint density at radius 3 is 2.13 bits per heavy atom. The molecule has 0 radical (unpaired) electrons. The third-order valence-corrected chi connectivity index (χ3v) is 12.9. The van der Waals surface area contributed by atoms with Crippen molar-refractivity contribution in [1.29, 1.82) is 0 Å². The molecule has 0 atom stereocenters. The first-order valence-electron chi connectivity index (χ1n) is 14.7. The molecule has 5 fully saturated rings. The highest BCUT2D eigenvalue weighted by atomic mass is 32.1. The maximum atomic E-state index is 6.70. The van der Waals surface area contributed by atoms with E-state index in [2.05, 4.69) is 82.3 Å². The first-order chi connectivity index (χ1) is 18.3. The Hall–Kier alpha value is -2.14. The number of hydrogen-bond donors (Lipinski definition) is 0. The van der Waals surface area contributed by atoms with Gasteiger partial charge in [0.15, 0.2) is 0 Å². The molecule has 5 aliphatic carbocycles. The number of rotatable bonds is 1. The maximum Gasteiger partial charge on any atom is 0.495 e. The van der Waals surface area contributed by atoms with Gasteiger partial charge in [0, 0.05) is 25.6 Å². The molecule has 2 heterocycles. The average molecular weight is 519 g/mol. The summed E-state index contributed by atoms with van der Waals surface area (Å²) in [6.07, 6.45) is 7.06. The van der Waals surface area contributed by atoms with E-state index in [4.69, 9.17) is 9.31 Å². The summed E-state index contributed by atoms with van der Waals surface area (Å²) >= 11 is 2.03. The molecule has 0 unspecified atom stereocenters. The number of thiophene rings is 1. The standard InChI is InChI=1S/C34H35BO2S/c1-32(2)33(3,4)37-35(36-32)27-10-7-9-26-29(27)25-13-12-24-23-8-5-6-11-28(23)38-31(24)30(25)34(26)21-15-19-14-20(17-21)18-22(34)16-19/h5-13,19-22H,14-18H2,1-4H3. The van der Waals surface area contributed by atoms with Crippen molar-refractivity contribution >= 4 is 44.1 Å². The minimum Gasteiger partial charge on any atom is -0.399 e. The summed E-state index contributed by atoms with van der Waals surface area (Å²) in [7, 11) is -0.340. The summed E-state index contributed by atoms with van der Waals surface area (Å²) < 4.78 is 16.3. The second-order valence-corrected chi connectivity index (χ2v) is 15.0. The zero-order chi connectivity index (χ0) is 25.6. The van der Waals surface area contributed by atoms with Gasteiger partial charge in [0.05, 0.1) is 11.2 Å². The molecule has 4 bridgehead atoms. The van der Waals surface area contributed by atoms with Gasteiger partial charge in [-0.2, -0.15) is 0 Å². The van der Waals surface area contributed by atoms with Gasteiger partial charge < -0.3 is 9.31 Å². The van der Waals surface area contributed by atoms with Crippen LogP contribution in [0.5, 0.6) is 0 Å². The Morgan fingerprint density at radius 1 is 0.737 bits per heavy atom. The van der Waals surface area contributed by atoms with Gasteiger partial charge in [-0.25, -0.2) is 0 Å². The molecule has 1 aliphatic heterocycles. The van der Waals surface area contributed by atoms with Gasteiger partial charge in [0.1, 0.15) is 0 Å². The highest BCUT2D eigenvalue weighted by Gasteiger charge is 2.63. The third-order valence-electron chi connectivity index (χ3n) is 11.7. The zero-order valence-corrected chi connectivity index (χ0v) is 23.7. The Balaban J connectivity index is 1.36. The van der Waals surface area contributed by atoms with Gasteiger partial charge in [0.2, 0.25) is 0 Å². The lowest BCUT2D eigenvalue weighted by Crippen LogP contribution is -2.55. The van der Waals surface area contributed by atoms with Crippen molar-refractivity contribution in [3.63, 3.8) is 0 Å². The van der Waals surface area contributed by atoms with Crippen molar-refractivity contribution in [2.24, 2.45) is 23.7 Å². The second-order valence-electron chi connectivity index (χ2n) is 14.0. The molecule has 192 valence electrons. The van der Waals surface area contributed by atoms with Crippen LogP contribution in [0.1, 0.15) is 70.9 Å². The van der Waals surface area contributed by atoms with Crippen LogP contribution >= 0.6 is 11.3 Å². The average Bonchev–Trinajstić information content (AvgIpc) is 3.47. The normalized spacial score (nSPS) is 33.5. The van der Waals surface area contributed by atoms with E-state index in [0.717, 1.165) is 23.7 Å². The molecule has 38 heavy (non-hydrogen) atoms. The summed E-state index contributed by atoms with van der Waals surface area (Å²) in [4.78, 5) is 0. The highest BCUT2D eigenvalue weighted by molar-refractivity contribution is 7.26. The lowest BCUT2D eigenvalue weighted by atomic mass is 9.43. The summed E-state index contributed by atoms with van der Waals surface area (Å²) in [5.74, 6) is 3.35. The lowest BCUT2D eigenvalue weighted by molar-refractivity contribution is -0.0393. The Bertz CT molecular complexity index is 1620. The van der Waals surface area contributed by atoms with Gasteiger partial charge in [-0.15, -0.1) is 11.3 Å². The van der Waals surface area contributed by atoms with E-state index in [1.54, 1.807) is 11.1 Å². The fourth-order valence-corrected chi connectivity index (χ4v) is 11.0. The fraction of sp³-hybridized carbons (Fsp3) is 0.471. The first kappa shape index (κ1) is 22.7. The summed E-state index contributed by atoms with van der Waals surface area (Å²) in [6.45, 7) is 8.68. The smallest absolute Gasteiger partial charge is 0.399 e. The Labute approximate surface area is 229 Å². The molecule has 0 amide bonds. The van der Waals surface area contributed by atoms with Gasteiger partial charge >= 0.3 is 7.12 Å². The van der Waals surface area contributed by atoms with E-state index >= 15 is 0 Å². The monoisotopic (exact) mass is 518 g/mol. The molecule has 1 saturated heterocycles. The largest absolute Gasteiger partial charge is 0.495 e. The number of benzene rings is 3. The van der Waals surface area contributed by atoms with Gasteiger partial charge in [-0.1, -0.05) is 48.5 Å². The first-order valence-corrected chi connectivity index (χ1v) is 15.5. The molecular weight excluding hydrogens is 483 g/mol. The van der Waals surface area contributed by atoms with Crippen LogP contribution in [0.4, 0.5) is 0 Å². The van der Waals surface area contributed by atoms with Crippen molar-refractivity contribution < 1.29 is 9.31 Å². The second kappa shape index (κ2) is 7.13. The minimum atomic E-state index is -0.350. The molecule has 3 aromatic carbocycles. The Morgan fingerprint density at radius 2 is 1.42 bits per heavy atom. The number of hydrogen-bond acceptors (Lipinski definition) is 3. The summed E-state index contributed by atoms with van der Waals surface area (Å²) in [6, 6.07) is 21.0. The molecule has 0 N–H and O–H groups in total. The maximum absolute atomic E-state index is 6.70. The van der Waals surface area contributed by atoms with Crippen LogP contribution in [0, 0.1) is 23.7 Å². The zero-order valence-electron chi connectivity index (χ0n) is 22.8. The van der Waals surface area contributed by atoms with E-state index in [9.17, 15) is 0 Å². The SMILES string of the molecule is CC1(C)OB(c2cccc3c2-c2ccc4c(sc5ccccc54)c2C32C3CC4CC(C3)CC2C4)OC1(C)C. The van der Waals surface area contributed by atoms with Crippen LogP contribution in [0.3, 0.4) is 0 Å². The predicted molar refractivity (Wildman–Crippen MR) is 158 cm³/mol. The summed E-state index contributed by atoms with van der Waals surface area (Å²) in [5, 5.41) is 2.86. The van der Waals surface area contributed by atoms with Crippen LogP contribution in [0.25, 0.3) is 31.3 Å². The lowest BCUT2D eigenvalue weighted by Gasteiger charge is -2.61. The minimum absolute atomic E-state index is 0.123. The van der Waals surface area contributed by atoms with Gasteiger partial charge in [-0.3, -0.25) is 0 Å². The van der Waals surface area contributed by atoms with Crippen LogP contribution < -0.4 is 5.46 Å². The molecule has 4 heteroatoms. The molecule has 4 saturated carbocycles. The topological polar surface area (TPSA) is 18.5 Å². The summed E-state index contributed by atoms with van der Waals surface area (Å²) in [5.41, 5.74) is 6.77. The highest BCUT2D eigenvalue weighted by Crippen LogP contribution is 2.70. The molecule has 1 aromatic heterocycles. The van der Waals surface area contributed by atoms with Gasteiger partial charge in [0.25, 0.3) is 0 Å². The Kier molecular flexibility index (Phi) is 4.25. The molecule has 6 aliphatic rings. The van der Waals surface area contributed by atoms with Crippen LogP contribution in [0.15, 0.2) is 54.6 Å². The number of fused-ring (bicyclic) bond motifs is 7. The predicted octanol–water partition coefficient (Wildman–Crippen LogP) is 8.08. The van der Waals surface area contributed by atoms with Crippen LogP contribution in [-0.2, 0) is 14.7 Å². The third kappa shape index (κ3) is 2.59. The van der Waals surface area contributed by atoms with E-state index in [1.165, 1.54) is 68.9 Å². The molecule has 2 nitrogen and oxygen atoms in total. The van der Waals surface area contributed by atoms with E-state index in [0.29, 0.717) is 0 Å². The van der Waals surface area contributed by atoms with Crippen molar-refractivity contribution in [1.82, 2.24) is 0 Å². The van der Waals surface area contributed by atoms with Crippen molar-refractivity contribution in [3.05, 3.63) is 65.7 Å². The molecule has 4 aromatic rings. The van der Waals surface area contributed by atoms with Gasteiger partial charge in [-0.05, 0) is 117 Å². The fourth-order valence-electron chi connectivity index (χ4n) is 9.70. The molecular formula is C34H35BO2S. The van der Waals surface area contributed by atoms with E-state index < -0.39 is 0 Å². The van der Waals surface area contributed by atoms with Crippen LogP contribution in [0.2, 0.25) is 0 Å². The molecule has 10 rings (SSSR count). The molecule has 1 spiro atoms. The van der Waals surface area contributed by atoms with E-state index in [-0.39, 0.29) is 23.7 Å². The van der Waals surface area contributed by atoms with Crippen molar-refractivity contribution in [3.8, 4) is 11.1 Å². The van der Waals surface area contributed by atoms with E-state index in [1.807, 2.05) is 11.3 Å².